The number of nitrogens with zero attached hydrogens (tertiary/aromatic N) is 1. The Labute approximate surface area is 67.1 Å². The van der Waals surface area contributed by atoms with Gasteiger partial charge in [0.2, 0.25) is 0 Å². The van der Waals surface area contributed by atoms with E-state index in [1.165, 1.54) is 17.5 Å². The van der Waals surface area contributed by atoms with Gasteiger partial charge in [0.05, 0.1) is 16.1 Å². The summed E-state index contributed by atoms with van der Waals surface area (Å²) in [5.41, 5.74) is 0. The third-order valence-electron chi connectivity index (χ3n) is 0.926. The molecule has 1 heterocycles. The smallest absolute Gasteiger partial charge is 0.249 e. The molecule has 0 aliphatic heterocycles. The fourth-order valence-corrected chi connectivity index (χ4v) is 1.18. The number of alkyl halides is 2. The van der Waals surface area contributed by atoms with Crippen LogP contribution in [0.15, 0.2) is 6.20 Å². The lowest BCUT2D eigenvalue weighted by atomic mass is 10.5. The summed E-state index contributed by atoms with van der Waals surface area (Å²) in [6.45, 7) is 1.80. The summed E-state index contributed by atoms with van der Waals surface area (Å²) >= 11 is 1.31. The van der Waals surface area contributed by atoms with Crippen LogP contribution in [0, 0.1) is 18.8 Å². The first kappa shape index (κ1) is 8.15. The SMILES string of the molecule is Cc1ncc(C#CC(F)F)s1. The summed E-state index contributed by atoms with van der Waals surface area (Å²) in [5, 5.41) is 0.837. The molecular formula is C7H5F2NS. The van der Waals surface area contributed by atoms with Crippen LogP contribution in [0.4, 0.5) is 8.78 Å². The highest BCUT2D eigenvalue weighted by atomic mass is 32.1. The molecule has 0 spiro atoms. The molecule has 0 N–H and O–H groups in total. The van der Waals surface area contributed by atoms with Crippen LogP contribution in [-0.4, -0.2) is 11.4 Å². The molecular weight excluding hydrogens is 168 g/mol. The second-order valence-electron chi connectivity index (χ2n) is 1.81. The van der Waals surface area contributed by atoms with Gasteiger partial charge in [0.15, 0.2) is 0 Å². The monoisotopic (exact) mass is 173 g/mol. The van der Waals surface area contributed by atoms with E-state index in [0.29, 0.717) is 4.88 Å². The largest absolute Gasteiger partial charge is 0.299 e. The van der Waals surface area contributed by atoms with E-state index in [1.807, 2.05) is 0 Å². The van der Waals surface area contributed by atoms with E-state index in [4.69, 9.17) is 0 Å². The van der Waals surface area contributed by atoms with Crippen LogP contribution in [0.3, 0.4) is 0 Å². The molecule has 0 aliphatic rings. The van der Waals surface area contributed by atoms with Crippen LogP contribution < -0.4 is 0 Å². The lowest BCUT2D eigenvalue weighted by molar-refractivity contribution is 0.215. The van der Waals surface area contributed by atoms with Crippen molar-refractivity contribution in [3.8, 4) is 11.8 Å². The van der Waals surface area contributed by atoms with E-state index in [2.05, 4.69) is 10.9 Å². The molecule has 0 aliphatic carbocycles. The predicted molar refractivity (Wildman–Crippen MR) is 39.7 cm³/mol. The minimum Gasteiger partial charge on any atom is -0.249 e. The fraction of sp³-hybridized carbons (Fsp3) is 0.286. The predicted octanol–water partition coefficient (Wildman–Crippen LogP) is 2.07. The zero-order chi connectivity index (χ0) is 8.27. The Hall–Kier alpha value is -0.950. The van der Waals surface area contributed by atoms with Crippen LogP contribution in [-0.2, 0) is 0 Å². The van der Waals surface area contributed by atoms with Crippen LogP contribution in [0.25, 0.3) is 0 Å². The maximum Gasteiger partial charge on any atom is 0.299 e. The third kappa shape index (κ3) is 2.64. The van der Waals surface area contributed by atoms with Gasteiger partial charge in [-0.3, -0.25) is 0 Å². The minimum absolute atomic E-state index is 0.586. The van der Waals surface area contributed by atoms with Crippen molar-refractivity contribution in [2.45, 2.75) is 13.3 Å². The fourth-order valence-electron chi connectivity index (χ4n) is 0.545. The molecule has 0 unspecified atom stereocenters. The Kier molecular flexibility index (Phi) is 2.55. The standard InChI is InChI=1S/C7H5F2NS/c1-5-10-4-6(11-5)2-3-7(8)9/h4,7H,1H3. The van der Waals surface area contributed by atoms with Gasteiger partial charge >= 0.3 is 0 Å². The Morgan fingerprint density at radius 1 is 1.64 bits per heavy atom. The Bertz CT molecular complexity index is 295. The molecule has 0 saturated carbocycles. The van der Waals surface area contributed by atoms with E-state index in [1.54, 1.807) is 12.8 Å². The lowest BCUT2D eigenvalue weighted by Gasteiger charge is -1.77. The first-order valence-corrected chi connectivity index (χ1v) is 3.72. The second-order valence-corrected chi connectivity index (χ2v) is 3.05. The van der Waals surface area contributed by atoms with Crippen molar-refractivity contribution in [1.82, 2.24) is 4.98 Å². The van der Waals surface area contributed by atoms with Gasteiger partial charge < -0.3 is 0 Å². The normalized spacial score (nSPS) is 9.45. The molecule has 1 aromatic heterocycles. The lowest BCUT2D eigenvalue weighted by Crippen LogP contribution is -1.79. The topological polar surface area (TPSA) is 12.9 Å². The maximum atomic E-state index is 11.5. The van der Waals surface area contributed by atoms with E-state index < -0.39 is 6.43 Å². The second kappa shape index (κ2) is 3.44. The van der Waals surface area contributed by atoms with Crippen molar-refractivity contribution >= 4 is 11.3 Å². The molecule has 1 nitrogen and oxygen atoms in total. The number of halogens is 2. The molecule has 58 valence electrons. The molecule has 0 atom stereocenters. The summed E-state index contributed by atoms with van der Waals surface area (Å²) < 4.78 is 23.1. The van der Waals surface area contributed by atoms with Crippen molar-refractivity contribution in [3.63, 3.8) is 0 Å². The zero-order valence-electron chi connectivity index (χ0n) is 5.77. The van der Waals surface area contributed by atoms with Gasteiger partial charge in [-0.25, -0.2) is 4.98 Å². The molecule has 0 aromatic carbocycles. The van der Waals surface area contributed by atoms with E-state index >= 15 is 0 Å². The maximum absolute atomic E-state index is 11.5. The van der Waals surface area contributed by atoms with E-state index in [9.17, 15) is 8.78 Å². The molecule has 0 fully saturated rings. The molecule has 11 heavy (non-hydrogen) atoms. The van der Waals surface area contributed by atoms with Crippen molar-refractivity contribution in [1.29, 1.82) is 0 Å². The Balaban J connectivity index is 2.74. The summed E-state index contributed by atoms with van der Waals surface area (Å²) in [4.78, 5) is 4.45. The van der Waals surface area contributed by atoms with Gasteiger partial charge in [-0.2, -0.15) is 8.78 Å². The van der Waals surface area contributed by atoms with E-state index in [0.717, 1.165) is 5.01 Å². The molecule has 4 heteroatoms. The van der Waals surface area contributed by atoms with Crippen molar-refractivity contribution < 1.29 is 8.78 Å². The Morgan fingerprint density at radius 2 is 2.36 bits per heavy atom. The van der Waals surface area contributed by atoms with E-state index in [-0.39, 0.29) is 0 Å². The third-order valence-corrected chi connectivity index (χ3v) is 1.75. The number of aryl methyl sites for hydroxylation is 1. The van der Waals surface area contributed by atoms with Crippen molar-refractivity contribution in [2.24, 2.45) is 0 Å². The first-order valence-electron chi connectivity index (χ1n) is 2.90. The van der Waals surface area contributed by atoms with Crippen LogP contribution in [0.1, 0.15) is 9.88 Å². The van der Waals surface area contributed by atoms with Gasteiger partial charge in [-0.15, -0.1) is 11.3 Å². The van der Waals surface area contributed by atoms with Gasteiger partial charge in [0.1, 0.15) is 0 Å². The number of hydrogen-bond acceptors (Lipinski definition) is 2. The number of aromatic nitrogens is 1. The summed E-state index contributed by atoms with van der Waals surface area (Å²) in [7, 11) is 0. The van der Waals surface area contributed by atoms with Crippen LogP contribution in [0.2, 0.25) is 0 Å². The Morgan fingerprint density at radius 3 is 2.82 bits per heavy atom. The van der Waals surface area contributed by atoms with Gasteiger partial charge in [-0.1, -0.05) is 0 Å². The number of rotatable bonds is 0. The first-order chi connectivity index (χ1) is 5.18. The molecule has 1 rings (SSSR count). The highest BCUT2D eigenvalue weighted by Gasteiger charge is 1.94. The zero-order valence-corrected chi connectivity index (χ0v) is 6.58. The highest BCUT2D eigenvalue weighted by Crippen LogP contribution is 2.09. The summed E-state index contributed by atoms with van der Waals surface area (Å²) in [6.07, 6.45) is -1.06. The average molecular weight is 173 g/mol. The minimum atomic E-state index is -2.56. The van der Waals surface area contributed by atoms with Crippen molar-refractivity contribution in [2.75, 3.05) is 0 Å². The van der Waals surface area contributed by atoms with Crippen molar-refractivity contribution in [3.05, 3.63) is 16.1 Å². The number of hydrogen-bond donors (Lipinski definition) is 0. The van der Waals surface area contributed by atoms with Gasteiger partial charge in [0, 0.05) is 0 Å². The summed E-state index contributed by atoms with van der Waals surface area (Å²) in [6, 6.07) is 0. The molecule has 1 aromatic rings. The average Bonchev–Trinajstić information content (AvgIpc) is 2.31. The van der Waals surface area contributed by atoms with Crippen LogP contribution >= 0.6 is 11.3 Å². The quantitative estimate of drug-likeness (QED) is 0.547. The molecule has 0 amide bonds. The van der Waals surface area contributed by atoms with Crippen LogP contribution in [0.5, 0.6) is 0 Å². The van der Waals surface area contributed by atoms with Gasteiger partial charge in [-0.05, 0) is 18.8 Å². The molecule has 0 saturated heterocycles. The summed E-state index contributed by atoms with van der Waals surface area (Å²) in [5.74, 6) is 4.08. The van der Waals surface area contributed by atoms with Gasteiger partial charge in [0.25, 0.3) is 6.43 Å². The highest BCUT2D eigenvalue weighted by molar-refractivity contribution is 7.12. The molecule has 0 radical (unpaired) electrons. The number of thiazole rings is 1. The molecule has 0 bridgehead atoms.